The zero-order valence-corrected chi connectivity index (χ0v) is 14.8. The van der Waals surface area contributed by atoms with Gasteiger partial charge >= 0.3 is 6.03 Å². The summed E-state index contributed by atoms with van der Waals surface area (Å²) in [6.07, 6.45) is 3.74. The minimum atomic E-state index is -0.433. The second-order valence-corrected chi connectivity index (χ2v) is 7.26. The molecule has 1 aliphatic carbocycles. The van der Waals surface area contributed by atoms with Crippen molar-refractivity contribution in [1.82, 2.24) is 10.2 Å². The molecule has 6 nitrogen and oxygen atoms in total. The van der Waals surface area contributed by atoms with Gasteiger partial charge in [-0.25, -0.2) is 4.79 Å². The quantitative estimate of drug-likeness (QED) is 0.909. The van der Waals surface area contributed by atoms with Crippen LogP contribution in [-0.2, 0) is 14.9 Å². The highest BCUT2D eigenvalue weighted by Crippen LogP contribution is 2.48. The molecule has 0 bridgehead atoms. The number of nitrogens with one attached hydrogen (secondary N) is 1. The number of amides is 2. The van der Waals surface area contributed by atoms with Gasteiger partial charge in [-0.3, -0.25) is 0 Å². The van der Waals surface area contributed by atoms with Crippen LogP contribution >= 0.6 is 0 Å². The first-order chi connectivity index (χ1) is 12.1. The van der Waals surface area contributed by atoms with Crippen LogP contribution in [-0.4, -0.2) is 56.7 Å². The number of urea groups is 1. The third kappa shape index (κ3) is 3.33. The van der Waals surface area contributed by atoms with E-state index in [2.05, 4.69) is 17.4 Å². The lowest BCUT2D eigenvalue weighted by atomic mass is 9.96. The number of benzene rings is 1. The molecule has 0 atom stereocenters. The van der Waals surface area contributed by atoms with Gasteiger partial charge in [0, 0.05) is 37.9 Å². The normalized spacial score (nSPS) is 23.5. The Kier molecular flexibility index (Phi) is 4.33. The Morgan fingerprint density at radius 1 is 1.12 bits per heavy atom. The Morgan fingerprint density at radius 2 is 1.76 bits per heavy atom. The van der Waals surface area contributed by atoms with E-state index in [0.29, 0.717) is 32.8 Å². The standard InChI is InChI=1S/C19H26N2O4/c1-23-16-4-2-15(3-5-16)18(6-7-18)14-20-17(22)21-10-8-19(9-11-21)24-12-13-25-19/h2-5H,6-14H2,1H3,(H,20,22). The molecule has 1 aromatic rings. The number of hydrogen-bond donors (Lipinski definition) is 1. The van der Waals surface area contributed by atoms with Crippen LogP contribution in [0.2, 0.25) is 0 Å². The third-order valence-electron chi connectivity index (χ3n) is 5.76. The molecule has 0 radical (unpaired) electrons. The van der Waals surface area contributed by atoms with Crippen molar-refractivity contribution in [2.45, 2.75) is 36.9 Å². The SMILES string of the molecule is COc1ccc(C2(CNC(=O)N3CCC4(CC3)OCCO4)CC2)cc1. The minimum Gasteiger partial charge on any atom is -0.497 e. The summed E-state index contributed by atoms with van der Waals surface area (Å²) in [7, 11) is 1.67. The summed E-state index contributed by atoms with van der Waals surface area (Å²) in [6, 6.07) is 8.22. The van der Waals surface area contributed by atoms with E-state index in [0.717, 1.165) is 31.4 Å². The summed E-state index contributed by atoms with van der Waals surface area (Å²) in [5.41, 5.74) is 1.37. The van der Waals surface area contributed by atoms with Crippen molar-refractivity contribution in [1.29, 1.82) is 0 Å². The average molecular weight is 346 g/mol. The minimum absolute atomic E-state index is 0.0210. The first-order valence-corrected chi connectivity index (χ1v) is 9.10. The molecule has 4 rings (SSSR count). The van der Waals surface area contributed by atoms with Gasteiger partial charge in [-0.2, -0.15) is 0 Å². The molecule has 2 amide bonds. The topological polar surface area (TPSA) is 60.0 Å². The van der Waals surface area contributed by atoms with Gasteiger partial charge < -0.3 is 24.4 Å². The van der Waals surface area contributed by atoms with Gasteiger partial charge in [-0.1, -0.05) is 12.1 Å². The molecule has 6 heteroatoms. The van der Waals surface area contributed by atoms with Crippen LogP contribution in [0.4, 0.5) is 4.79 Å². The maximum atomic E-state index is 12.5. The van der Waals surface area contributed by atoms with Crippen LogP contribution in [0.15, 0.2) is 24.3 Å². The Bertz CT molecular complexity index is 611. The van der Waals surface area contributed by atoms with E-state index in [1.807, 2.05) is 17.0 Å². The van der Waals surface area contributed by atoms with Crippen molar-refractivity contribution in [3.63, 3.8) is 0 Å². The van der Waals surface area contributed by atoms with E-state index < -0.39 is 5.79 Å². The molecule has 2 heterocycles. The number of rotatable bonds is 4. The van der Waals surface area contributed by atoms with Crippen LogP contribution < -0.4 is 10.1 Å². The number of carbonyl (C=O) groups is 1. The van der Waals surface area contributed by atoms with E-state index in [4.69, 9.17) is 14.2 Å². The molecule has 0 aromatic heterocycles. The molecule has 2 aliphatic heterocycles. The predicted octanol–water partition coefficient (Wildman–Crippen LogP) is 2.28. The van der Waals surface area contributed by atoms with E-state index in [9.17, 15) is 4.79 Å². The molecule has 136 valence electrons. The van der Waals surface area contributed by atoms with Gasteiger partial charge in [0.15, 0.2) is 5.79 Å². The summed E-state index contributed by atoms with van der Waals surface area (Å²) in [6.45, 7) is 3.38. The second kappa shape index (κ2) is 6.50. The van der Waals surface area contributed by atoms with Gasteiger partial charge in [-0.15, -0.1) is 0 Å². The molecular formula is C19H26N2O4. The van der Waals surface area contributed by atoms with Crippen molar-refractivity contribution in [2.24, 2.45) is 0 Å². The lowest BCUT2D eigenvalue weighted by Gasteiger charge is -2.37. The summed E-state index contributed by atoms with van der Waals surface area (Å²) in [5, 5.41) is 3.14. The molecule has 3 fully saturated rings. The van der Waals surface area contributed by atoms with Crippen molar-refractivity contribution < 1.29 is 19.0 Å². The monoisotopic (exact) mass is 346 g/mol. The van der Waals surface area contributed by atoms with Crippen LogP contribution in [0.3, 0.4) is 0 Å². The van der Waals surface area contributed by atoms with E-state index in [1.165, 1.54) is 5.56 Å². The first-order valence-electron chi connectivity index (χ1n) is 9.10. The zero-order valence-electron chi connectivity index (χ0n) is 14.8. The fourth-order valence-electron chi connectivity index (χ4n) is 3.86. The van der Waals surface area contributed by atoms with E-state index in [-0.39, 0.29) is 11.4 Å². The largest absolute Gasteiger partial charge is 0.497 e. The van der Waals surface area contributed by atoms with Crippen molar-refractivity contribution in [3.05, 3.63) is 29.8 Å². The Labute approximate surface area is 148 Å². The fraction of sp³-hybridized carbons (Fsp3) is 0.632. The zero-order chi connectivity index (χ0) is 17.3. The highest BCUT2D eigenvalue weighted by molar-refractivity contribution is 5.74. The number of hydrogen-bond acceptors (Lipinski definition) is 4. The Morgan fingerprint density at radius 3 is 2.32 bits per heavy atom. The van der Waals surface area contributed by atoms with Gasteiger partial charge in [0.1, 0.15) is 5.75 Å². The van der Waals surface area contributed by atoms with E-state index in [1.54, 1.807) is 7.11 Å². The molecule has 1 N–H and O–H groups in total. The van der Waals surface area contributed by atoms with Crippen molar-refractivity contribution in [2.75, 3.05) is 40.0 Å². The first kappa shape index (κ1) is 16.7. The van der Waals surface area contributed by atoms with E-state index >= 15 is 0 Å². The molecule has 25 heavy (non-hydrogen) atoms. The number of carbonyl (C=O) groups excluding carboxylic acids is 1. The van der Waals surface area contributed by atoms with Gasteiger partial charge in [0.25, 0.3) is 0 Å². The van der Waals surface area contributed by atoms with Crippen molar-refractivity contribution in [3.8, 4) is 5.75 Å². The van der Waals surface area contributed by atoms with Gasteiger partial charge in [-0.05, 0) is 30.5 Å². The highest BCUT2D eigenvalue weighted by Gasteiger charge is 2.45. The summed E-state index contributed by atoms with van der Waals surface area (Å²) >= 11 is 0. The number of ether oxygens (including phenoxy) is 3. The molecule has 1 saturated carbocycles. The predicted molar refractivity (Wildman–Crippen MR) is 92.7 cm³/mol. The van der Waals surface area contributed by atoms with Crippen LogP contribution in [0.5, 0.6) is 5.75 Å². The fourth-order valence-corrected chi connectivity index (χ4v) is 3.86. The molecule has 1 spiro atoms. The number of piperidine rings is 1. The summed E-state index contributed by atoms with van der Waals surface area (Å²) < 4.78 is 16.7. The van der Waals surface area contributed by atoms with Crippen LogP contribution in [0.25, 0.3) is 0 Å². The second-order valence-electron chi connectivity index (χ2n) is 7.26. The molecule has 0 unspecified atom stereocenters. The summed E-state index contributed by atoms with van der Waals surface area (Å²) in [5.74, 6) is 0.430. The smallest absolute Gasteiger partial charge is 0.317 e. The Balaban J connectivity index is 1.30. The maximum absolute atomic E-state index is 12.5. The molecular weight excluding hydrogens is 320 g/mol. The van der Waals surface area contributed by atoms with Crippen LogP contribution in [0, 0.1) is 0 Å². The number of methoxy groups -OCH3 is 1. The molecule has 1 aromatic carbocycles. The lowest BCUT2D eigenvalue weighted by Crippen LogP contribution is -2.51. The van der Waals surface area contributed by atoms with Gasteiger partial charge in [0.2, 0.25) is 0 Å². The number of nitrogens with zero attached hydrogens (tertiary/aromatic N) is 1. The lowest BCUT2D eigenvalue weighted by molar-refractivity contribution is -0.181. The summed E-state index contributed by atoms with van der Waals surface area (Å²) in [4.78, 5) is 14.4. The van der Waals surface area contributed by atoms with Crippen molar-refractivity contribution >= 4 is 6.03 Å². The maximum Gasteiger partial charge on any atom is 0.317 e. The van der Waals surface area contributed by atoms with Gasteiger partial charge in [0.05, 0.1) is 20.3 Å². The highest BCUT2D eigenvalue weighted by atomic mass is 16.7. The Hall–Kier alpha value is -1.79. The average Bonchev–Trinajstić information content (AvgIpc) is 3.33. The molecule has 3 aliphatic rings. The third-order valence-corrected chi connectivity index (χ3v) is 5.76. The van der Waals surface area contributed by atoms with Crippen LogP contribution in [0.1, 0.15) is 31.2 Å². The molecule has 2 saturated heterocycles. The number of likely N-dealkylation sites (tertiary alicyclic amines) is 1.